The molecule has 0 fully saturated rings. The first-order valence-corrected chi connectivity index (χ1v) is 9.99. The van der Waals surface area contributed by atoms with Gasteiger partial charge in [0.2, 0.25) is 0 Å². The maximum Gasteiger partial charge on any atom is 0.460 e. The van der Waals surface area contributed by atoms with E-state index in [2.05, 4.69) is 21.2 Å². The number of halogens is 9. The van der Waals surface area contributed by atoms with E-state index in [0.717, 1.165) is 6.07 Å². The van der Waals surface area contributed by atoms with Gasteiger partial charge in [0.15, 0.2) is 11.6 Å². The summed E-state index contributed by atoms with van der Waals surface area (Å²) in [4.78, 5) is 0. The van der Waals surface area contributed by atoms with Crippen LogP contribution in [0.4, 0.5) is 40.8 Å². The number of alkyl halides is 7. The van der Waals surface area contributed by atoms with Gasteiger partial charge in [-0.05, 0) is 42.0 Å². The lowest BCUT2D eigenvalue weighted by molar-refractivity contribution is -0.359. The van der Waals surface area contributed by atoms with Crippen LogP contribution in [0.5, 0.6) is 11.5 Å². The highest BCUT2D eigenvalue weighted by Gasteiger charge is 2.73. The Labute approximate surface area is 191 Å². The number of anilines is 1. The Balaban J connectivity index is 1.75. The van der Waals surface area contributed by atoms with Crippen LogP contribution in [0.25, 0.3) is 0 Å². The van der Waals surface area contributed by atoms with Crippen molar-refractivity contribution in [1.29, 1.82) is 0 Å². The molecular weight excluding hydrogens is 526 g/mol. The normalized spacial score (nSPS) is 12.5. The van der Waals surface area contributed by atoms with Crippen molar-refractivity contribution in [1.82, 2.24) is 0 Å². The highest BCUT2D eigenvalue weighted by atomic mass is 79.9. The minimum absolute atomic E-state index is 0.0366. The van der Waals surface area contributed by atoms with Gasteiger partial charge in [-0.25, -0.2) is 4.39 Å². The highest BCUT2D eigenvalue weighted by molar-refractivity contribution is 9.10. The molecule has 0 saturated heterocycles. The molecule has 3 aromatic rings. The van der Waals surface area contributed by atoms with Gasteiger partial charge >= 0.3 is 18.0 Å². The van der Waals surface area contributed by atoms with Crippen LogP contribution < -0.4 is 10.1 Å². The maximum absolute atomic E-state index is 14.0. The van der Waals surface area contributed by atoms with E-state index in [4.69, 9.17) is 4.74 Å². The summed E-state index contributed by atoms with van der Waals surface area (Å²) in [5, 5.41) is 2.82. The van der Waals surface area contributed by atoms with Crippen molar-refractivity contribution in [2.45, 2.75) is 24.6 Å². The molecule has 3 rings (SSSR count). The van der Waals surface area contributed by atoms with Gasteiger partial charge in [0.05, 0.1) is 0 Å². The second-order valence-electron chi connectivity index (χ2n) is 6.91. The standard InChI is InChI=1S/C22H14BrF8NO/c23-15-7-8-18(24)19(10-15)33-17-6-2-5-16(11-17)32-12-13-3-1-4-14(9-13)20(25,26)21(27,28)22(29,30)31/h1-11,32H,12H2. The summed E-state index contributed by atoms with van der Waals surface area (Å²) in [6.45, 7) is -0.170. The molecule has 0 heterocycles. The number of hydrogen-bond donors (Lipinski definition) is 1. The van der Waals surface area contributed by atoms with Crippen molar-refractivity contribution in [2.24, 2.45) is 0 Å². The molecule has 0 spiro atoms. The monoisotopic (exact) mass is 539 g/mol. The van der Waals surface area contributed by atoms with E-state index in [9.17, 15) is 35.1 Å². The smallest absolute Gasteiger partial charge is 0.454 e. The molecule has 2 nitrogen and oxygen atoms in total. The van der Waals surface area contributed by atoms with Crippen molar-refractivity contribution in [3.63, 3.8) is 0 Å². The van der Waals surface area contributed by atoms with Gasteiger partial charge in [-0.15, -0.1) is 0 Å². The van der Waals surface area contributed by atoms with E-state index in [1.165, 1.54) is 36.4 Å². The summed E-state index contributed by atoms with van der Waals surface area (Å²) in [6, 6.07) is 13.6. The highest BCUT2D eigenvalue weighted by Crippen LogP contribution is 2.51. The first kappa shape index (κ1) is 24.8. The molecule has 0 amide bonds. The molecule has 0 radical (unpaired) electrons. The largest absolute Gasteiger partial charge is 0.460 e. The SMILES string of the molecule is Fc1ccc(Br)cc1Oc1cccc(NCc2cccc(C(F)(F)C(F)(F)C(F)(F)F)c2)c1. The quantitative estimate of drug-likeness (QED) is 0.305. The van der Waals surface area contributed by atoms with Crippen molar-refractivity contribution >= 4 is 21.6 Å². The molecule has 0 bridgehead atoms. The van der Waals surface area contributed by atoms with Crippen LogP contribution in [0.3, 0.4) is 0 Å². The Hall–Kier alpha value is -2.82. The summed E-state index contributed by atoms with van der Waals surface area (Å²) >= 11 is 3.20. The molecule has 0 saturated carbocycles. The Kier molecular flexibility index (Phi) is 6.92. The number of benzene rings is 3. The molecule has 0 aromatic heterocycles. The van der Waals surface area contributed by atoms with Crippen LogP contribution in [-0.4, -0.2) is 12.1 Å². The Bertz CT molecular complexity index is 1130. The fourth-order valence-corrected chi connectivity index (χ4v) is 3.13. The first-order valence-electron chi connectivity index (χ1n) is 9.20. The molecule has 0 atom stereocenters. The Morgan fingerprint density at radius 3 is 2.21 bits per heavy atom. The molecule has 1 N–H and O–H groups in total. The first-order chi connectivity index (χ1) is 15.3. The Morgan fingerprint density at radius 1 is 0.818 bits per heavy atom. The number of hydrogen-bond acceptors (Lipinski definition) is 2. The van der Waals surface area contributed by atoms with Crippen molar-refractivity contribution in [2.75, 3.05) is 5.32 Å². The van der Waals surface area contributed by atoms with Crippen LogP contribution in [0.15, 0.2) is 71.2 Å². The van der Waals surface area contributed by atoms with Crippen LogP contribution in [0, 0.1) is 5.82 Å². The lowest BCUT2D eigenvalue weighted by atomic mass is 9.99. The van der Waals surface area contributed by atoms with Gasteiger partial charge in [-0.3, -0.25) is 0 Å². The van der Waals surface area contributed by atoms with Gasteiger partial charge in [-0.2, -0.15) is 30.7 Å². The third kappa shape index (κ3) is 5.40. The predicted molar refractivity (Wildman–Crippen MR) is 109 cm³/mol. The van der Waals surface area contributed by atoms with E-state index < -0.39 is 29.4 Å². The zero-order valence-electron chi connectivity index (χ0n) is 16.4. The van der Waals surface area contributed by atoms with Gasteiger partial charge in [0, 0.05) is 28.3 Å². The van der Waals surface area contributed by atoms with Crippen molar-refractivity contribution < 1.29 is 39.9 Å². The minimum Gasteiger partial charge on any atom is -0.454 e. The summed E-state index contributed by atoms with van der Waals surface area (Å²) in [5.74, 6) is -12.1. The molecule has 3 aromatic carbocycles. The van der Waals surface area contributed by atoms with E-state index in [0.29, 0.717) is 22.3 Å². The van der Waals surface area contributed by atoms with Gasteiger partial charge in [-0.1, -0.05) is 40.2 Å². The fraction of sp³-hybridized carbons (Fsp3) is 0.182. The number of rotatable bonds is 7. The van der Waals surface area contributed by atoms with E-state index in [1.54, 1.807) is 12.1 Å². The van der Waals surface area contributed by atoms with E-state index in [1.807, 2.05) is 0 Å². The molecular formula is C22H14BrF8NO. The average molecular weight is 540 g/mol. The zero-order valence-corrected chi connectivity index (χ0v) is 18.0. The second kappa shape index (κ2) is 9.20. The predicted octanol–water partition coefficient (Wildman–Crippen LogP) is 8.28. The van der Waals surface area contributed by atoms with Crippen LogP contribution in [-0.2, 0) is 12.5 Å². The number of nitrogens with one attached hydrogen (secondary N) is 1. The molecule has 0 aliphatic heterocycles. The molecule has 0 aliphatic carbocycles. The molecule has 0 aliphatic rings. The van der Waals surface area contributed by atoms with Crippen LogP contribution >= 0.6 is 15.9 Å². The molecule has 0 unspecified atom stereocenters. The summed E-state index contributed by atoms with van der Waals surface area (Å²) in [6.07, 6.45) is -6.42. The lowest BCUT2D eigenvalue weighted by Gasteiger charge is -2.28. The van der Waals surface area contributed by atoms with Crippen molar-refractivity contribution in [3.05, 3.63) is 88.1 Å². The molecule has 11 heteroatoms. The van der Waals surface area contributed by atoms with E-state index in [-0.39, 0.29) is 23.6 Å². The maximum atomic E-state index is 14.0. The van der Waals surface area contributed by atoms with Crippen LogP contribution in [0.1, 0.15) is 11.1 Å². The molecule has 33 heavy (non-hydrogen) atoms. The van der Waals surface area contributed by atoms with Gasteiger partial charge in [0.1, 0.15) is 5.75 Å². The lowest BCUT2D eigenvalue weighted by Crippen LogP contribution is -2.50. The third-order valence-corrected chi connectivity index (χ3v) is 4.98. The molecule has 176 valence electrons. The van der Waals surface area contributed by atoms with Crippen LogP contribution in [0.2, 0.25) is 0 Å². The Morgan fingerprint density at radius 2 is 1.52 bits per heavy atom. The van der Waals surface area contributed by atoms with Crippen molar-refractivity contribution in [3.8, 4) is 11.5 Å². The van der Waals surface area contributed by atoms with Gasteiger partial charge < -0.3 is 10.1 Å². The fourth-order valence-electron chi connectivity index (χ4n) is 2.79. The van der Waals surface area contributed by atoms with E-state index >= 15 is 0 Å². The van der Waals surface area contributed by atoms with Gasteiger partial charge in [0.25, 0.3) is 0 Å². The minimum atomic E-state index is -6.42. The summed E-state index contributed by atoms with van der Waals surface area (Å²) in [7, 11) is 0. The number of ether oxygens (including phenoxy) is 1. The average Bonchev–Trinajstić information content (AvgIpc) is 2.74. The summed E-state index contributed by atoms with van der Waals surface area (Å²) < 4.78 is 112. The summed E-state index contributed by atoms with van der Waals surface area (Å²) in [5.41, 5.74) is -1.03. The zero-order chi connectivity index (χ0) is 24.4. The second-order valence-corrected chi connectivity index (χ2v) is 7.82. The third-order valence-electron chi connectivity index (χ3n) is 4.49. The topological polar surface area (TPSA) is 21.3 Å².